The third kappa shape index (κ3) is 11.5. The number of amides is 4. The molecule has 4 aliphatic rings. The smallest absolute Gasteiger partial charge is 0.329 e. The maximum atomic E-state index is 16.1. The number of nitrogens with zero attached hydrogens (tertiary/aromatic N) is 2. The SMILES string of the molecule is COc1cccc(Oc2cc3c4c(cc(Oc5cccc(OC)c5)c5c6c(Oc7cccc(OC)c7)cc7c8c(cc(Oc9cccc(OC)c9)c(c2c45)c86)C(=O)N(C(CC(C)C)C(=O)OCCC2CO2)C7=O)C(=O)N(C(CC(C)C)C(=O)OCCC2CO2)C3=O)c1. The van der Waals surface area contributed by atoms with Crippen molar-refractivity contribution in [2.24, 2.45) is 11.8 Å². The van der Waals surface area contributed by atoms with E-state index in [2.05, 4.69) is 0 Å². The van der Waals surface area contributed by atoms with Crippen LogP contribution in [0.5, 0.6) is 69.0 Å². The summed E-state index contributed by atoms with van der Waals surface area (Å²) in [7, 11) is 6.04. The molecular weight excluding hydrogens is 1180 g/mol. The molecule has 0 spiro atoms. The van der Waals surface area contributed by atoms with Gasteiger partial charge in [-0.05, 0) is 97.5 Å². The summed E-state index contributed by atoms with van der Waals surface area (Å²) in [6, 6.07) is 30.6. The zero-order chi connectivity index (χ0) is 64.2. The number of ether oxygens (including phenoxy) is 12. The van der Waals surface area contributed by atoms with Gasteiger partial charge in [-0.15, -0.1) is 0 Å². The molecule has 9 aromatic carbocycles. The van der Waals surface area contributed by atoms with Crippen molar-refractivity contribution in [2.75, 3.05) is 54.9 Å². The van der Waals surface area contributed by atoms with Gasteiger partial charge in [-0.25, -0.2) is 9.59 Å². The van der Waals surface area contributed by atoms with Crippen LogP contribution in [0.4, 0.5) is 0 Å². The van der Waals surface area contributed by atoms with E-state index in [4.69, 9.17) is 56.8 Å². The van der Waals surface area contributed by atoms with Crippen molar-refractivity contribution in [3.63, 3.8) is 0 Å². The molecule has 20 nitrogen and oxygen atoms in total. The number of esters is 2. The monoisotopic (exact) mass is 1250 g/mol. The summed E-state index contributed by atoms with van der Waals surface area (Å²) < 4.78 is 73.8. The second kappa shape index (κ2) is 24.9. The maximum Gasteiger partial charge on any atom is 0.329 e. The third-order valence-electron chi connectivity index (χ3n) is 16.8. The number of carbonyl (C=O) groups excluding carboxylic acids is 6. The normalized spacial score (nSPS) is 16.4. The minimum Gasteiger partial charge on any atom is -0.497 e. The number of carbonyl (C=O) groups is 6. The van der Waals surface area contributed by atoms with Crippen molar-refractivity contribution in [2.45, 2.75) is 77.7 Å². The first kappa shape index (κ1) is 60.7. The molecule has 0 radical (unpaired) electrons. The van der Waals surface area contributed by atoms with Crippen LogP contribution in [-0.2, 0) is 28.5 Å². The summed E-state index contributed by atoms with van der Waals surface area (Å²) in [4.78, 5) is 95.2. The minimum atomic E-state index is -1.40. The van der Waals surface area contributed by atoms with E-state index >= 15 is 19.2 Å². The zero-order valence-electron chi connectivity index (χ0n) is 51.9. The molecule has 0 aromatic heterocycles. The van der Waals surface area contributed by atoms with Crippen molar-refractivity contribution >= 4 is 78.7 Å². The average molecular weight is 1250 g/mol. The van der Waals surface area contributed by atoms with Crippen LogP contribution in [-0.4, -0.2) is 125 Å². The molecule has 9 aromatic rings. The van der Waals surface area contributed by atoms with Gasteiger partial charge in [-0.3, -0.25) is 29.0 Å². The lowest BCUT2D eigenvalue weighted by atomic mass is 9.80. The van der Waals surface area contributed by atoms with E-state index in [1.165, 1.54) is 52.7 Å². The van der Waals surface area contributed by atoms with E-state index in [0.717, 1.165) is 9.80 Å². The van der Waals surface area contributed by atoms with Crippen LogP contribution >= 0.6 is 0 Å². The molecule has 2 saturated heterocycles. The molecule has 13 rings (SSSR count). The number of fused-ring (bicyclic) bond motifs is 2. The van der Waals surface area contributed by atoms with E-state index in [9.17, 15) is 9.59 Å². The van der Waals surface area contributed by atoms with Crippen LogP contribution in [0, 0.1) is 11.8 Å². The average Bonchev–Trinajstić information content (AvgIpc) is 0.673. The summed E-state index contributed by atoms with van der Waals surface area (Å²) in [5, 5.41) is 1.60. The summed E-state index contributed by atoms with van der Waals surface area (Å²) >= 11 is 0. The van der Waals surface area contributed by atoms with Gasteiger partial charge >= 0.3 is 11.9 Å². The predicted molar refractivity (Wildman–Crippen MR) is 338 cm³/mol. The van der Waals surface area contributed by atoms with Crippen molar-refractivity contribution in [1.29, 1.82) is 0 Å². The second-order valence-corrected chi connectivity index (χ2v) is 23.9. The Hall–Kier alpha value is -10.2. The lowest BCUT2D eigenvalue weighted by molar-refractivity contribution is -0.149. The number of epoxide rings is 2. The summed E-state index contributed by atoms with van der Waals surface area (Å²) in [6.07, 6.45) is 0.832. The first-order valence-corrected chi connectivity index (χ1v) is 30.5. The first-order chi connectivity index (χ1) is 44.5. The van der Waals surface area contributed by atoms with Gasteiger partial charge in [0, 0.05) is 80.2 Å². The summed E-state index contributed by atoms with van der Waals surface area (Å²) in [6.45, 7) is 8.58. The van der Waals surface area contributed by atoms with Gasteiger partial charge < -0.3 is 56.8 Å². The number of rotatable bonds is 26. The third-order valence-corrected chi connectivity index (χ3v) is 16.8. The lowest BCUT2D eigenvalue weighted by Gasteiger charge is -2.36. The Morgan fingerprint density at radius 3 is 0.902 bits per heavy atom. The Morgan fingerprint density at radius 2 is 0.663 bits per heavy atom. The van der Waals surface area contributed by atoms with Crippen LogP contribution in [0.2, 0.25) is 0 Å². The molecule has 472 valence electrons. The van der Waals surface area contributed by atoms with Gasteiger partial charge in [0.1, 0.15) is 81.1 Å². The molecule has 4 unspecified atom stereocenters. The fourth-order valence-corrected chi connectivity index (χ4v) is 12.3. The number of methoxy groups -OCH3 is 4. The highest BCUT2D eigenvalue weighted by atomic mass is 16.6. The standard InChI is InChI=1S/C72H66N2O18/c1-37(2)25-53(71(79)85-23-21-47-35-87-47)73-67(75)49-31-55(89-43-17-9-13-39(27-43)81-5)61-63-57(91-45-19-11-15-41(29-45)83-7)33-51-60-52(70(78)74(69(51)77)54(26-38(3)4)72(80)86-24-22-48-36-88-48)34-58(92-46-20-12-16-42(30-46)84-8)64(66(60)63)62-56(32-50(68(73)76)59(49)65(61)62)90-44-18-10-14-40(28-44)82-6/h9-20,27-34,37-38,47-48,53-54H,21-26,35-36H2,1-8H3. The summed E-state index contributed by atoms with van der Waals surface area (Å²) in [5.41, 5.74) is -0.142. The van der Waals surface area contributed by atoms with E-state index in [-0.39, 0.29) is 161 Å². The van der Waals surface area contributed by atoms with Gasteiger partial charge in [0.25, 0.3) is 23.6 Å². The van der Waals surface area contributed by atoms with Gasteiger partial charge in [0.05, 0.1) is 89.3 Å². The Labute approximate surface area is 528 Å². The van der Waals surface area contributed by atoms with E-state index in [0.29, 0.717) is 49.1 Å². The molecule has 20 heteroatoms. The van der Waals surface area contributed by atoms with Crippen LogP contribution < -0.4 is 37.9 Å². The molecule has 0 N–H and O–H groups in total. The van der Waals surface area contributed by atoms with Crippen LogP contribution in [0.25, 0.3) is 43.1 Å². The zero-order valence-corrected chi connectivity index (χ0v) is 51.9. The van der Waals surface area contributed by atoms with Crippen molar-refractivity contribution in [3.05, 3.63) is 144 Å². The second-order valence-electron chi connectivity index (χ2n) is 23.9. The Balaban J connectivity index is 1.19. The first-order valence-electron chi connectivity index (χ1n) is 30.5. The van der Waals surface area contributed by atoms with Crippen molar-refractivity contribution < 1.29 is 85.6 Å². The van der Waals surface area contributed by atoms with E-state index in [1.54, 1.807) is 97.1 Å². The molecule has 4 amide bonds. The fraction of sp³-hybridized carbons (Fsp3) is 0.306. The maximum absolute atomic E-state index is 16.1. The highest BCUT2D eigenvalue weighted by molar-refractivity contribution is 6.45. The van der Waals surface area contributed by atoms with Gasteiger partial charge in [0.15, 0.2) is 0 Å². The molecular formula is C72H66N2O18. The van der Waals surface area contributed by atoms with Crippen molar-refractivity contribution in [3.8, 4) is 69.0 Å². The largest absolute Gasteiger partial charge is 0.497 e. The highest BCUT2D eigenvalue weighted by Crippen LogP contribution is 2.58. The topological polar surface area (TPSA) is 226 Å². The highest BCUT2D eigenvalue weighted by Gasteiger charge is 2.47. The van der Waals surface area contributed by atoms with E-state index < -0.39 is 47.7 Å². The van der Waals surface area contributed by atoms with Gasteiger partial charge in [-0.2, -0.15) is 0 Å². The minimum absolute atomic E-state index is 0.00416. The molecule has 0 bridgehead atoms. The van der Waals surface area contributed by atoms with Crippen LogP contribution in [0.3, 0.4) is 0 Å². The Kier molecular flexibility index (Phi) is 16.4. The molecule has 0 aliphatic carbocycles. The quantitative estimate of drug-likeness (QED) is 0.0161. The lowest BCUT2D eigenvalue weighted by Crippen LogP contribution is -2.51. The van der Waals surface area contributed by atoms with Gasteiger partial charge in [0.2, 0.25) is 0 Å². The van der Waals surface area contributed by atoms with Crippen LogP contribution in [0.15, 0.2) is 121 Å². The molecule has 4 heterocycles. The Morgan fingerprint density at radius 1 is 0.402 bits per heavy atom. The van der Waals surface area contributed by atoms with Gasteiger partial charge in [-0.1, -0.05) is 52.0 Å². The Bertz CT molecular complexity index is 3950. The fourth-order valence-electron chi connectivity index (χ4n) is 12.3. The van der Waals surface area contributed by atoms with Crippen LogP contribution in [0.1, 0.15) is 94.8 Å². The number of imide groups is 2. The van der Waals surface area contributed by atoms with E-state index in [1.807, 2.05) is 27.7 Å². The summed E-state index contributed by atoms with van der Waals surface area (Å²) in [5.74, 6) is -2.53. The molecule has 92 heavy (non-hydrogen) atoms. The number of benzene rings is 9. The number of hydrogen-bond acceptors (Lipinski definition) is 18. The molecule has 2 fully saturated rings. The molecule has 0 saturated carbocycles. The predicted octanol–water partition coefficient (Wildman–Crippen LogP) is 13.6. The number of hydrogen-bond donors (Lipinski definition) is 0. The molecule has 4 atom stereocenters. The van der Waals surface area contributed by atoms with Crippen molar-refractivity contribution in [1.82, 2.24) is 9.80 Å². The molecule has 4 aliphatic heterocycles.